The Bertz CT molecular complexity index is 757. The van der Waals surface area contributed by atoms with Gasteiger partial charge in [-0.1, -0.05) is 12.0 Å². The summed E-state index contributed by atoms with van der Waals surface area (Å²) in [6.45, 7) is 1.95. The summed E-state index contributed by atoms with van der Waals surface area (Å²) in [6, 6.07) is 14.1. The van der Waals surface area contributed by atoms with Gasteiger partial charge in [-0.25, -0.2) is 0 Å². The van der Waals surface area contributed by atoms with Crippen LogP contribution in [0.4, 0.5) is 5.69 Å². The number of ether oxygens (including phenoxy) is 1. The highest BCUT2D eigenvalue weighted by atomic mass is 16.5. The second-order valence-electron chi connectivity index (χ2n) is 5.31. The van der Waals surface area contributed by atoms with Crippen molar-refractivity contribution in [1.29, 1.82) is 0 Å². The number of carbonyl (C=O) groups is 2. The summed E-state index contributed by atoms with van der Waals surface area (Å²) in [5.41, 5.74) is 2.07. The van der Waals surface area contributed by atoms with Crippen molar-refractivity contribution in [3.05, 3.63) is 59.7 Å². The van der Waals surface area contributed by atoms with Crippen molar-refractivity contribution in [2.45, 2.75) is 19.8 Å². The number of benzene rings is 2. The van der Waals surface area contributed by atoms with Gasteiger partial charge in [-0.3, -0.25) is 9.59 Å². The van der Waals surface area contributed by atoms with E-state index in [-0.39, 0.29) is 11.7 Å². The van der Waals surface area contributed by atoms with Crippen LogP contribution in [0.2, 0.25) is 0 Å². The molecule has 0 saturated heterocycles. The number of terminal acetylenes is 1. The molecule has 4 nitrogen and oxygen atoms in total. The lowest BCUT2D eigenvalue weighted by Gasteiger charge is -2.08. The van der Waals surface area contributed by atoms with E-state index in [0.29, 0.717) is 36.4 Å². The van der Waals surface area contributed by atoms with E-state index >= 15 is 0 Å². The standard InChI is InChI=1S/C20H19NO3/c1-3-16-6-4-7-18(14-16)21-20(23)8-5-13-24-19-11-9-17(10-12-19)15(2)22/h1,4,6-7,9-12,14H,5,8,13H2,2H3,(H,21,23). The van der Waals surface area contributed by atoms with Crippen LogP contribution in [0.3, 0.4) is 0 Å². The van der Waals surface area contributed by atoms with Gasteiger partial charge in [0.2, 0.25) is 5.91 Å². The van der Waals surface area contributed by atoms with Crippen molar-refractivity contribution in [3.8, 4) is 18.1 Å². The number of amides is 1. The summed E-state index contributed by atoms with van der Waals surface area (Å²) >= 11 is 0. The quantitative estimate of drug-likeness (QED) is 0.481. The topological polar surface area (TPSA) is 55.4 Å². The first kappa shape index (κ1) is 17.3. The van der Waals surface area contributed by atoms with Gasteiger partial charge >= 0.3 is 0 Å². The van der Waals surface area contributed by atoms with Gasteiger partial charge in [0.25, 0.3) is 0 Å². The fraction of sp³-hybridized carbons (Fsp3) is 0.200. The van der Waals surface area contributed by atoms with E-state index in [2.05, 4.69) is 11.2 Å². The molecule has 2 aromatic rings. The molecule has 0 atom stereocenters. The zero-order valence-electron chi connectivity index (χ0n) is 13.5. The highest BCUT2D eigenvalue weighted by Gasteiger charge is 2.04. The minimum Gasteiger partial charge on any atom is -0.494 e. The molecule has 2 aromatic carbocycles. The molecule has 0 radical (unpaired) electrons. The Morgan fingerprint density at radius 1 is 1.17 bits per heavy atom. The number of Topliss-reactive ketones (excluding diaryl/α,β-unsaturated/α-hetero) is 1. The lowest BCUT2D eigenvalue weighted by molar-refractivity contribution is -0.116. The van der Waals surface area contributed by atoms with E-state index in [1.165, 1.54) is 6.92 Å². The number of carbonyl (C=O) groups excluding carboxylic acids is 2. The Kier molecular flexibility index (Phi) is 6.16. The predicted octanol–water partition coefficient (Wildman–Crippen LogP) is 3.67. The van der Waals surface area contributed by atoms with Crippen LogP contribution >= 0.6 is 0 Å². The van der Waals surface area contributed by atoms with Gasteiger partial charge in [0.15, 0.2) is 5.78 Å². The number of anilines is 1. The summed E-state index contributed by atoms with van der Waals surface area (Å²) in [5.74, 6) is 3.15. The lowest BCUT2D eigenvalue weighted by atomic mass is 10.1. The Morgan fingerprint density at radius 3 is 2.58 bits per heavy atom. The van der Waals surface area contributed by atoms with Crippen LogP contribution in [0.1, 0.15) is 35.7 Å². The second kappa shape index (κ2) is 8.54. The average molecular weight is 321 g/mol. The van der Waals surface area contributed by atoms with Gasteiger partial charge in [0.1, 0.15) is 5.75 Å². The van der Waals surface area contributed by atoms with Crippen LogP contribution < -0.4 is 10.1 Å². The van der Waals surface area contributed by atoms with Crippen LogP contribution in [0.15, 0.2) is 48.5 Å². The molecule has 0 saturated carbocycles. The minimum absolute atomic E-state index is 0.0205. The van der Waals surface area contributed by atoms with Gasteiger partial charge in [0, 0.05) is 23.2 Å². The fourth-order valence-electron chi connectivity index (χ4n) is 2.12. The SMILES string of the molecule is C#Cc1cccc(NC(=O)CCCOc2ccc(C(C)=O)cc2)c1. The molecule has 0 aliphatic carbocycles. The summed E-state index contributed by atoms with van der Waals surface area (Å²) in [4.78, 5) is 23.1. The molecule has 24 heavy (non-hydrogen) atoms. The molecule has 0 aliphatic rings. The molecule has 2 rings (SSSR count). The Balaban J connectivity index is 1.72. The molecule has 4 heteroatoms. The summed E-state index contributed by atoms with van der Waals surface area (Å²) in [7, 11) is 0. The number of rotatable bonds is 7. The highest BCUT2D eigenvalue weighted by Crippen LogP contribution is 2.14. The van der Waals surface area contributed by atoms with Crippen molar-refractivity contribution in [2.24, 2.45) is 0 Å². The van der Waals surface area contributed by atoms with Crippen molar-refractivity contribution in [3.63, 3.8) is 0 Å². The first-order chi connectivity index (χ1) is 11.6. The average Bonchev–Trinajstić information content (AvgIpc) is 2.59. The zero-order valence-corrected chi connectivity index (χ0v) is 13.5. The van der Waals surface area contributed by atoms with E-state index in [9.17, 15) is 9.59 Å². The molecule has 0 bridgehead atoms. The van der Waals surface area contributed by atoms with Crippen LogP contribution in [-0.4, -0.2) is 18.3 Å². The normalized spacial score (nSPS) is 9.83. The first-order valence-corrected chi connectivity index (χ1v) is 7.69. The lowest BCUT2D eigenvalue weighted by Crippen LogP contribution is -2.12. The third kappa shape index (κ3) is 5.29. The van der Waals surface area contributed by atoms with Gasteiger partial charge < -0.3 is 10.1 Å². The largest absolute Gasteiger partial charge is 0.494 e. The molecule has 0 unspecified atom stereocenters. The first-order valence-electron chi connectivity index (χ1n) is 7.69. The Morgan fingerprint density at radius 2 is 1.92 bits per heavy atom. The maximum atomic E-state index is 11.9. The Hall–Kier alpha value is -3.06. The minimum atomic E-state index is -0.0836. The predicted molar refractivity (Wildman–Crippen MR) is 94.2 cm³/mol. The number of hydrogen-bond donors (Lipinski definition) is 1. The van der Waals surface area contributed by atoms with E-state index in [4.69, 9.17) is 11.2 Å². The molecule has 0 fully saturated rings. The van der Waals surface area contributed by atoms with Crippen LogP contribution in [0, 0.1) is 12.3 Å². The Labute approximate surface area is 141 Å². The molecule has 0 aliphatic heterocycles. The van der Waals surface area contributed by atoms with Crippen LogP contribution in [-0.2, 0) is 4.79 Å². The van der Waals surface area contributed by atoms with E-state index in [0.717, 1.165) is 5.56 Å². The molecule has 0 aromatic heterocycles. The van der Waals surface area contributed by atoms with Gasteiger partial charge in [-0.2, -0.15) is 0 Å². The smallest absolute Gasteiger partial charge is 0.224 e. The molecular formula is C20H19NO3. The van der Waals surface area contributed by atoms with Crippen molar-refractivity contribution in [1.82, 2.24) is 0 Å². The zero-order chi connectivity index (χ0) is 17.4. The van der Waals surface area contributed by atoms with Gasteiger partial charge in [-0.05, 0) is 55.8 Å². The summed E-state index contributed by atoms with van der Waals surface area (Å²) in [5, 5.41) is 2.81. The molecule has 1 amide bonds. The second-order valence-corrected chi connectivity index (χ2v) is 5.31. The number of ketones is 1. The molecule has 0 spiro atoms. The number of hydrogen-bond acceptors (Lipinski definition) is 3. The summed E-state index contributed by atoms with van der Waals surface area (Å²) < 4.78 is 5.56. The summed E-state index contributed by atoms with van der Waals surface area (Å²) in [6.07, 6.45) is 6.28. The van der Waals surface area contributed by atoms with Crippen molar-refractivity contribution < 1.29 is 14.3 Å². The maximum absolute atomic E-state index is 11.9. The monoisotopic (exact) mass is 321 g/mol. The van der Waals surface area contributed by atoms with Crippen LogP contribution in [0.5, 0.6) is 5.75 Å². The molecule has 0 heterocycles. The molecule has 122 valence electrons. The van der Waals surface area contributed by atoms with Gasteiger partial charge in [0.05, 0.1) is 6.61 Å². The third-order valence-electron chi connectivity index (χ3n) is 3.39. The van der Waals surface area contributed by atoms with Gasteiger partial charge in [-0.15, -0.1) is 6.42 Å². The molecular weight excluding hydrogens is 302 g/mol. The van der Waals surface area contributed by atoms with E-state index < -0.39 is 0 Å². The van der Waals surface area contributed by atoms with Crippen molar-refractivity contribution in [2.75, 3.05) is 11.9 Å². The third-order valence-corrected chi connectivity index (χ3v) is 3.39. The van der Waals surface area contributed by atoms with Crippen LogP contribution in [0.25, 0.3) is 0 Å². The highest BCUT2D eigenvalue weighted by molar-refractivity contribution is 5.94. The number of nitrogens with one attached hydrogen (secondary N) is 1. The van der Waals surface area contributed by atoms with E-state index in [1.54, 1.807) is 48.5 Å². The van der Waals surface area contributed by atoms with Crippen molar-refractivity contribution >= 4 is 17.4 Å². The van der Waals surface area contributed by atoms with E-state index in [1.807, 2.05) is 0 Å². The maximum Gasteiger partial charge on any atom is 0.224 e. The fourth-order valence-corrected chi connectivity index (χ4v) is 2.12. The molecule has 1 N–H and O–H groups in total.